The van der Waals surface area contributed by atoms with Crippen LogP contribution >= 0.6 is 0 Å². The number of rotatable bonds is 7. The topological polar surface area (TPSA) is 191 Å². The number of aromatic nitrogens is 3. The summed E-state index contributed by atoms with van der Waals surface area (Å²) in [7, 11) is 0. The Morgan fingerprint density at radius 3 is 2.75 bits per heavy atom. The van der Waals surface area contributed by atoms with Gasteiger partial charge in [-0.1, -0.05) is 13.8 Å². The molecular formula is C20H23N5O7. The Hall–Kier alpha value is -3.53. The molecule has 170 valence electrons. The predicted octanol–water partition coefficient (Wildman–Crippen LogP) is -0.934. The fraction of sp³-hybridized carbons (Fsp3) is 0.450. The molecule has 1 aliphatic heterocycles. The van der Waals surface area contributed by atoms with Gasteiger partial charge in [0.2, 0.25) is 11.7 Å². The summed E-state index contributed by atoms with van der Waals surface area (Å²) in [6.45, 7) is 2.20. The fourth-order valence-electron chi connectivity index (χ4n) is 3.34. The first kappa shape index (κ1) is 21.7. The highest BCUT2D eigenvalue weighted by atomic mass is 16.5. The average molecular weight is 446 g/mol. The van der Waals surface area contributed by atoms with Gasteiger partial charge in [0.25, 0.3) is 0 Å². The van der Waals surface area contributed by atoms with Crippen LogP contribution in [0.3, 0.4) is 0 Å². The number of aliphatic carboxylic acids is 1. The lowest BCUT2D eigenvalue weighted by molar-refractivity contribution is -0.147. The number of carbonyl (C=O) groups excluding carboxylic acids is 1. The summed E-state index contributed by atoms with van der Waals surface area (Å²) >= 11 is 0. The van der Waals surface area contributed by atoms with Crippen molar-refractivity contribution in [3.63, 3.8) is 0 Å². The summed E-state index contributed by atoms with van der Waals surface area (Å²) in [6.07, 6.45) is -2.78. The minimum Gasteiger partial charge on any atom is -0.478 e. The molecule has 0 aliphatic carbocycles. The highest BCUT2D eigenvalue weighted by Crippen LogP contribution is 2.32. The van der Waals surface area contributed by atoms with Gasteiger partial charge in [-0.15, -0.1) is 0 Å². The van der Waals surface area contributed by atoms with Crippen molar-refractivity contribution < 1.29 is 36.2 Å². The van der Waals surface area contributed by atoms with E-state index in [2.05, 4.69) is 10.1 Å². The SMILES string of the molecule is [2H]N(C(=O)C(C)C)[C@H]1[C@H]([C@H](O)[C@H](O)CO)OC(C(=O)O)=C[C@@H]1n1nc2cccnc2c1C#N. The van der Waals surface area contributed by atoms with Gasteiger partial charge in [-0.3, -0.25) is 9.78 Å². The molecule has 12 nitrogen and oxygen atoms in total. The Bertz CT molecular complexity index is 1130. The monoisotopic (exact) mass is 446 g/mol. The molecule has 0 aromatic carbocycles. The molecule has 0 unspecified atom stereocenters. The standard InChI is InChI=1S/C20H23N5O7/c1-9(2)19(29)23-16-11(25-12(7-21)15-10(24-25)4-3-5-22-15)6-14(20(30)31)32-18(16)17(28)13(27)8-26/h3-6,9,11,13,16-18,26-28H,8H2,1-2H3,(H,23,29)(H,30,31)/t11-,13+,16+,17+,18+/m0/s1/i/hD. The number of aliphatic hydroxyl groups is 3. The molecule has 12 heteroatoms. The number of pyridine rings is 1. The minimum absolute atomic E-state index is 0.0650. The Balaban J connectivity index is 2.27. The molecule has 32 heavy (non-hydrogen) atoms. The second kappa shape index (κ2) is 9.31. The van der Waals surface area contributed by atoms with Crippen LogP contribution in [0, 0.1) is 17.2 Å². The van der Waals surface area contributed by atoms with Crippen LogP contribution < -0.4 is 5.31 Å². The number of nitriles is 1. The molecule has 5 N–H and O–H groups in total. The van der Waals surface area contributed by atoms with Crippen LogP contribution in [-0.4, -0.2) is 78.0 Å². The maximum absolute atomic E-state index is 12.7. The highest BCUT2D eigenvalue weighted by molar-refractivity contribution is 5.85. The van der Waals surface area contributed by atoms with E-state index in [1.165, 1.54) is 6.20 Å². The van der Waals surface area contributed by atoms with Crippen LogP contribution in [0.4, 0.5) is 0 Å². The van der Waals surface area contributed by atoms with Crippen molar-refractivity contribution in [1.29, 1.82) is 5.26 Å². The zero-order chi connectivity index (χ0) is 24.4. The van der Waals surface area contributed by atoms with Crippen molar-refractivity contribution in [2.75, 3.05) is 6.61 Å². The van der Waals surface area contributed by atoms with E-state index in [0.29, 0.717) is 10.8 Å². The predicted molar refractivity (Wildman–Crippen MR) is 108 cm³/mol. The van der Waals surface area contributed by atoms with Gasteiger partial charge in [-0.05, 0) is 18.2 Å². The molecule has 3 heterocycles. The molecule has 0 radical (unpaired) electrons. The third-order valence-corrected chi connectivity index (χ3v) is 5.01. The Morgan fingerprint density at radius 1 is 1.44 bits per heavy atom. The first-order valence-electron chi connectivity index (χ1n) is 10.2. The number of hydrogen-bond acceptors (Lipinski definition) is 9. The molecule has 0 spiro atoms. The number of hydrogen-bond donors (Lipinski definition) is 5. The van der Waals surface area contributed by atoms with Gasteiger partial charge >= 0.3 is 5.97 Å². The van der Waals surface area contributed by atoms with E-state index in [1.54, 1.807) is 26.0 Å². The first-order valence-corrected chi connectivity index (χ1v) is 9.76. The Morgan fingerprint density at radius 2 is 2.16 bits per heavy atom. The van der Waals surface area contributed by atoms with E-state index >= 15 is 0 Å². The third-order valence-electron chi connectivity index (χ3n) is 5.01. The van der Waals surface area contributed by atoms with Crippen LogP contribution in [0.25, 0.3) is 11.0 Å². The molecule has 2 aromatic heterocycles. The van der Waals surface area contributed by atoms with Crippen LogP contribution in [0.15, 0.2) is 30.2 Å². The fourth-order valence-corrected chi connectivity index (χ4v) is 3.34. The number of carboxylic acids is 1. The van der Waals surface area contributed by atoms with E-state index in [4.69, 9.17) is 6.15 Å². The summed E-state index contributed by atoms with van der Waals surface area (Å²) in [5.41, 5.74) is 0.461. The summed E-state index contributed by atoms with van der Waals surface area (Å²) in [5, 5.41) is 54.1. The minimum atomic E-state index is -1.88. The lowest BCUT2D eigenvalue weighted by Crippen LogP contribution is -2.59. The molecule has 1 aliphatic rings. The van der Waals surface area contributed by atoms with E-state index in [-0.39, 0.29) is 11.2 Å². The van der Waals surface area contributed by atoms with E-state index in [0.717, 1.165) is 10.8 Å². The third kappa shape index (κ3) is 4.26. The van der Waals surface area contributed by atoms with Crippen molar-refractivity contribution in [3.8, 4) is 6.07 Å². The maximum Gasteiger partial charge on any atom is 0.370 e. The molecule has 0 bridgehead atoms. The molecule has 5 atom stereocenters. The summed E-state index contributed by atoms with van der Waals surface area (Å²) in [5.74, 6) is -3.51. The van der Waals surface area contributed by atoms with Crippen LogP contribution in [-0.2, 0) is 14.3 Å². The second-order valence-electron chi connectivity index (χ2n) is 7.54. The van der Waals surface area contributed by atoms with Gasteiger partial charge in [0.05, 0.1) is 18.7 Å². The number of carbonyl (C=O) groups is 2. The number of ether oxygens (including phenoxy) is 1. The van der Waals surface area contributed by atoms with Gasteiger partial charge in [0.1, 0.15) is 35.4 Å². The molecule has 2 aromatic rings. The summed E-state index contributed by atoms with van der Waals surface area (Å²) < 4.78 is 15.0. The zero-order valence-electron chi connectivity index (χ0n) is 18.2. The van der Waals surface area contributed by atoms with Gasteiger partial charge in [-0.25, -0.2) is 9.48 Å². The maximum atomic E-state index is 12.7. The van der Waals surface area contributed by atoms with Crippen LogP contribution in [0.1, 0.15) is 25.6 Å². The molecule has 0 saturated heterocycles. The van der Waals surface area contributed by atoms with Gasteiger partial charge in [0, 0.05) is 12.1 Å². The van der Waals surface area contributed by atoms with Gasteiger partial charge < -0.3 is 30.5 Å². The number of carboxylic acid groups (broad SMARTS) is 1. The van der Waals surface area contributed by atoms with Crippen molar-refractivity contribution in [1.82, 2.24) is 20.1 Å². The van der Waals surface area contributed by atoms with Gasteiger partial charge in [0.15, 0.2) is 7.11 Å². The second-order valence-corrected chi connectivity index (χ2v) is 7.54. The lowest BCUT2D eigenvalue weighted by Gasteiger charge is -2.40. The number of aliphatic hydroxyl groups excluding tert-OH is 3. The van der Waals surface area contributed by atoms with Crippen LogP contribution in [0.2, 0.25) is 1.41 Å². The first-order chi connectivity index (χ1) is 15.6. The number of nitrogens with one attached hydrogen (secondary N) is 1. The highest BCUT2D eigenvalue weighted by Gasteiger charge is 2.45. The number of fused-ring (bicyclic) bond motifs is 1. The average Bonchev–Trinajstić information content (AvgIpc) is 3.19. The lowest BCUT2D eigenvalue weighted by atomic mass is 9.91. The van der Waals surface area contributed by atoms with E-state index in [9.17, 15) is 35.3 Å². The van der Waals surface area contributed by atoms with Crippen molar-refractivity contribution in [2.45, 2.75) is 44.2 Å². The summed E-state index contributed by atoms with van der Waals surface area (Å²) in [4.78, 5) is 28.6. The van der Waals surface area contributed by atoms with E-state index in [1.807, 2.05) is 6.07 Å². The summed E-state index contributed by atoms with van der Waals surface area (Å²) in [6, 6.07) is 2.43. The smallest absolute Gasteiger partial charge is 0.370 e. The normalized spacial score (nSPS) is 23.0. The van der Waals surface area contributed by atoms with Crippen LogP contribution in [0.5, 0.6) is 0 Å². The Kier molecular flexibility index (Phi) is 6.31. The van der Waals surface area contributed by atoms with Crippen molar-refractivity contribution in [2.24, 2.45) is 5.92 Å². The Labute approximate surface area is 183 Å². The zero-order valence-corrected chi connectivity index (χ0v) is 17.2. The van der Waals surface area contributed by atoms with Crippen molar-refractivity contribution >= 4 is 22.9 Å². The van der Waals surface area contributed by atoms with Crippen molar-refractivity contribution in [3.05, 3.63) is 35.9 Å². The molecule has 1 amide bonds. The molecular weight excluding hydrogens is 422 g/mol. The van der Waals surface area contributed by atoms with Gasteiger partial charge in [-0.2, -0.15) is 10.4 Å². The number of amides is 1. The molecule has 3 rings (SSSR count). The largest absolute Gasteiger partial charge is 0.478 e. The van der Waals surface area contributed by atoms with E-state index < -0.39 is 60.6 Å². The molecule has 0 saturated carbocycles. The number of nitrogens with zero attached hydrogens (tertiary/aromatic N) is 4. The quantitative estimate of drug-likeness (QED) is 0.355. The molecule has 0 fully saturated rings.